The maximum atomic E-state index is 6.52. The number of anilines is 3. The first-order chi connectivity index (χ1) is 26.7. The Morgan fingerprint density at radius 3 is 1.70 bits per heavy atom. The molecule has 3 nitrogen and oxygen atoms in total. The number of para-hydroxylation sites is 1. The third kappa shape index (κ3) is 5.78. The zero-order chi connectivity index (χ0) is 35.8. The van der Waals surface area contributed by atoms with Gasteiger partial charge in [-0.15, -0.1) is 0 Å². The van der Waals surface area contributed by atoms with Crippen molar-refractivity contribution in [3.05, 3.63) is 206 Å². The second-order valence-electron chi connectivity index (χ2n) is 13.6. The van der Waals surface area contributed by atoms with Crippen LogP contribution in [-0.2, 0) is 0 Å². The van der Waals surface area contributed by atoms with E-state index in [1.807, 2.05) is 0 Å². The van der Waals surface area contributed by atoms with E-state index in [-0.39, 0.29) is 0 Å². The fraction of sp³-hybridized carbons (Fsp3) is 0. The van der Waals surface area contributed by atoms with Gasteiger partial charge in [0.2, 0.25) is 5.89 Å². The van der Waals surface area contributed by atoms with E-state index in [4.69, 9.17) is 9.40 Å². The Balaban J connectivity index is 1.09. The van der Waals surface area contributed by atoms with Crippen molar-refractivity contribution in [1.29, 1.82) is 0 Å². The number of benzene rings is 9. The third-order valence-corrected chi connectivity index (χ3v) is 10.3. The summed E-state index contributed by atoms with van der Waals surface area (Å²) < 4.78 is 6.52. The molecule has 9 aromatic carbocycles. The van der Waals surface area contributed by atoms with Crippen molar-refractivity contribution < 1.29 is 4.42 Å². The molecule has 0 fully saturated rings. The highest BCUT2D eigenvalue weighted by molar-refractivity contribution is 6.05. The van der Waals surface area contributed by atoms with E-state index in [2.05, 4.69) is 211 Å². The number of aromatic nitrogens is 1. The molecule has 1 heterocycles. The number of rotatable bonds is 7. The second kappa shape index (κ2) is 13.4. The van der Waals surface area contributed by atoms with E-state index in [1.165, 1.54) is 33.0 Å². The summed E-state index contributed by atoms with van der Waals surface area (Å²) in [5, 5.41) is 4.50. The van der Waals surface area contributed by atoms with Crippen LogP contribution in [0.2, 0.25) is 0 Å². The van der Waals surface area contributed by atoms with E-state index in [0.29, 0.717) is 5.89 Å². The minimum absolute atomic E-state index is 0.629. The topological polar surface area (TPSA) is 29.3 Å². The SMILES string of the molecule is c1ccc(-c2ccc(N(c3ccccc3)c3ccc(-c4ccccc4)c(-c4ccc5c(ccc6nc(-c7ccc8ccccc8c7)oc65)c4)c3)cc2)cc1. The second-order valence-corrected chi connectivity index (χ2v) is 13.6. The molecule has 0 aliphatic carbocycles. The van der Waals surface area contributed by atoms with Crippen molar-refractivity contribution in [2.45, 2.75) is 0 Å². The van der Waals surface area contributed by atoms with Gasteiger partial charge in [0, 0.05) is 28.0 Å². The Labute approximate surface area is 314 Å². The molecule has 10 rings (SSSR count). The van der Waals surface area contributed by atoms with Crippen LogP contribution in [0.25, 0.3) is 77.5 Å². The Morgan fingerprint density at radius 1 is 0.352 bits per heavy atom. The average Bonchev–Trinajstić information content (AvgIpc) is 3.70. The van der Waals surface area contributed by atoms with Crippen molar-refractivity contribution >= 4 is 49.7 Å². The smallest absolute Gasteiger partial charge is 0.227 e. The van der Waals surface area contributed by atoms with Gasteiger partial charge in [0.25, 0.3) is 0 Å². The predicted octanol–water partition coefficient (Wildman–Crippen LogP) is 14.3. The van der Waals surface area contributed by atoms with Gasteiger partial charge in [-0.25, -0.2) is 4.98 Å². The van der Waals surface area contributed by atoms with Gasteiger partial charge in [0.05, 0.1) is 0 Å². The lowest BCUT2D eigenvalue weighted by molar-refractivity contribution is 0.623. The molecule has 0 aliphatic rings. The van der Waals surface area contributed by atoms with Crippen LogP contribution < -0.4 is 4.90 Å². The minimum Gasteiger partial charge on any atom is -0.435 e. The number of nitrogens with zero attached hydrogens (tertiary/aromatic N) is 2. The molecule has 0 aliphatic heterocycles. The summed E-state index contributed by atoms with van der Waals surface area (Å²) in [5.74, 6) is 0.629. The molecule has 0 amide bonds. The molecule has 1 aromatic heterocycles. The van der Waals surface area contributed by atoms with E-state index in [0.717, 1.165) is 55.6 Å². The fourth-order valence-corrected chi connectivity index (χ4v) is 7.56. The number of oxazole rings is 1. The molecule has 0 spiro atoms. The Kier molecular flexibility index (Phi) is 7.81. The number of hydrogen-bond acceptors (Lipinski definition) is 3. The van der Waals surface area contributed by atoms with Crippen molar-refractivity contribution in [3.8, 4) is 44.8 Å². The molecule has 0 atom stereocenters. The third-order valence-electron chi connectivity index (χ3n) is 10.3. The standard InChI is InChI=1S/C51H34N2O/c1-4-12-35(13-5-1)37-22-26-44(27-23-37)53(43-18-8-3-9-19-43)45-28-30-46(38-15-6-2-7-16-38)48(34-45)41-24-29-47-40(33-41)25-31-49-50(47)54-51(52-49)42-21-20-36-14-10-11-17-39(36)32-42/h1-34H. The molecule has 3 heteroatoms. The first kappa shape index (κ1) is 31.5. The zero-order valence-electron chi connectivity index (χ0n) is 29.4. The maximum absolute atomic E-state index is 6.52. The molecule has 0 N–H and O–H groups in total. The molecular formula is C51H34N2O. The predicted molar refractivity (Wildman–Crippen MR) is 225 cm³/mol. The summed E-state index contributed by atoms with van der Waals surface area (Å²) >= 11 is 0. The highest BCUT2D eigenvalue weighted by Crippen LogP contribution is 2.42. The lowest BCUT2D eigenvalue weighted by Gasteiger charge is -2.27. The van der Waals surface area contributed by atoms with Gasteiger partial charge in [0.1, 0.15) is 5.52 Å². The molecule has 254 valence electrons. The van der Waals surface area contributed by atoms with Crippen LogP contribution in [0.3, 0.4) is 0 Å². The Hall–Kier alpha value is -7.23. The molecule has 0 bridgehead atoms. The minimum atomic E-state index is 0.629. The number of fused-ring (bicyclic) bond motifs is 4. The first-order valence-corrected chi connectivity index (χ1v) is 18.3. The monoisotopic (exact) mass is 690 g/mol. The normalized spacial score (nSPS) is 11.3. The molecule has 10 aromatic rings. The Bertz CT molecular complexity index is 2920. The van der Waals surface area contributed by atoms with Crippen LogP contribution in [-0.4, -0.2) is 4.98 Å². The van der Waals surface area contributed by atoms with Gasteiger partial charge in [0.15, 0.2) is 5.58 Å². The molecular weight excluding hydrogens is 657 g/mol. The largest absolute Gasteiger partial charge is 0.435 e. The molecule has 0 unspecified atom stereocenters. The maximum Gasteiger partial charge on any atom is 0.227 e. The quantitative estimate of drug-likeness (QED) is 0.167. The van der Waals surface area contributed by atoms with Gasteiger partial charge in [-0.1, -0.05) is 140 Å². The number of hydrogen-bond donors (Lipinski definition) is 0. The highest BCUT2D eigenvalue weighted by Gasteiger charge is 2.18. The fourth-order valence-electron chi connectivity index (χ4n) is 7.56. The Morgan fingerprint density at radius 2 is 0.926 bits per heavy atom. The van der Waals surface area contributed by atoms with Crippen molar-refractivity contribution in [1.82, 2.24) is 4.98 Å². The molecule has 0 saturated carbocycles. The van der Waals surface area contributed by atoms with E-state index < -0.39 is 0 Å². The van der Waals surface area contributed by atoms with Crippen molar-refractivity contribution in [2.24, 2.45) is 0 Å². The van der Waals surface area contributed by atoms with Gasteiger partial charge in [-0.05, 0) is 116 Å². The first-order valence-electron chi connectivity index (χ1n) is 18.3. The van der Waals surface area contributed by atoms with Crippen LogP contribution >= 0.6 is 0 Å². The van der Waals surface area contributed by atoms with Crippen LogP contribution in [0.1, 0.15) is 0 Å². The molecule has 0 radical (unpaired) electrons. The summed E-state index contributed by atoms with van der Waals surface area (Å²) in [5.41, 5.74) is 12.9. The average molecular weight is 691 g/mol. The molecule has 54 heavy (non-hydrogen) atoms. The van der Waals surface area contributed by atoms with Gasteiger partial charge in [-0.2, -0.15) is 0 Å². The van der Waals surface area contributed by atoms with E-state index >= 15 is 0 Å². The zero-order valence-corrected chi connectivity index (χ0v) is 29.4. The summed E-state index contributed by atoms with van der Waals surface area (Å²) in [6, 6.07) is 73.0. The van der Waals surface area contributed by atoms with E-state index in [9.17, 15) is 0 Å². The molecule has 0 saturated heterocycles. The van der Waals surface area contributed by atoms with Crippen molar-refractivity contribution in [2.75, 3.05) is 4.90 Å². The summed E-state index contributed by atoms with van der Waals surface area (Å²) in [4.78, 5) is 7.25. The lowest BCUT2D eigenvalue weighted by atomic mass is 9.92. The van der Waals surface area contributed by atoms with Crippen LogP contribution in [0.5, 0.6) is 0 Å². The summed E-state index contributed by atoms with van der Waals surface area (Å²) in [7, 11) is 0. The van der Waals surface area contributed by atoms with E-state index in [1.54, 1.807) is 0 Å². The van der Waals surface area contributed by atoms with Crippen LogP contribution in [0.4, 0.5) is 17.1 Å². The van der Waals surface area contributed by atoms with Gasteiger partial charge in [-0.3, -0.25) is 0 Å². The summed E-state index contributed by atoms with van der Waals surface area (Å²) in [6.45, 7) is 0. The summed E-state index contributed by atoms with van der Waals surface area (Å²) in [6.07, 6.45) is 0. The van der Waals surface area contributed by atoms with Gasteiger partial charge >= 0.3 is 0 Å². The van der Waals surface area contributed by atoms with Crippen LogP contribution in [0.15, 0.2) is 211 Å². The van der Waals surface area contributed by atoms with Gasteiger partial charge < -0.3 is 9.32 Å². The highest BCUT2D eigenvalue weighted by atomic mass is 16.3. The lowest BCUT2D eigenvalue weighted by Crippen LogP contribution is -2.10. The van der Waals surface area contributed by atoms with Crippen LogP contribution in [0, 0.1) is 0 Å². The van der Waals surface area contributed by atoms with Crippen molar-refractivity contribution in [3.63, 3.8) is 0 Å².